The molecule has 0 aliphatic heterocycles. The van der Waals surface area contributed by atoms with Crippen LogP contribution in [0.25, 0.3) is 0 Å². The number of thiophene rings is 1. The summed E-state index contributed by atoms with van der Waals surface area (Å²) in [5.41, 5.74) is 5.33. The van der Waals surface area contributed by atoms with E-state index in [0.717, 1.165) is 17.7 Å². The lowest BCUT2D eigenvalue weighted by Gasteiger charge is -2.12. The van der Waals surface area contributed by atoms with E-state index in [4.69, 9.17) is 10.8 Å². The van der Waals surface area contributed by atoms with Crippen LogP contribution in [0.2, 0.25) is 0 Å². The van der Waals surface area contributed by atoms with E-state index >= 15 is 0 Å². The summed E-state index contributed by atoms with van der Waals surface area (Å²) in [5.74, 6) is -1.19. The quantitative estimate of drug-likeness (QED) is 0.707. The van der Waals surface area contributed by atoms with Gasteiger partial charge in [0.15, 0.2) is 0 Å². The minimum atomic E-state index is -1.25. The first-order valence-corrected chi connectivity index (χ1v) is 5.63. The Bertz CT molecular complexity index is 337. The zero-order chi connectivity index (χ0) is 11.4. The van der Waals surface area contributed by atoms with Gasteiger partial charge < -0.3 is 15.9 Å². The van der Waals surface area contributed by atoms with Crippen LogP contribution in [-0.2, 0) is 11.2 Å². The molecule has 0 spiro atoms. The predicted octanol–water partition coefficient (Wildman–Crippen LogP) is 1.15. The summed E-state index contributed by atoms with van der Waals surface area (Å²) >= 11 is 1.42. The average molecular weight is 229 g/mol. The van der Waals surface area contributed by atoms with Gasteiger partial charge in [-0.1, -0.05) is 13.3 Å². The highest BCUT2D eigenvalue weighted by atomic mass is 32.1. The van der Waals surface area contributed by atoms with Crippen molar-refractivity contribution >= 4 is 17.3 Å². The number of carbonyl (C=O) groups is 1. The summed E-state index contributed by atoms with van der Waals surface area (Å²) in [7, 11) is 0. The van der Waals surface area contributed by atoms with Crippen LogP contribution in [0.3, 0.4) is 0 Å². The molecule has 0 amide bonds. The number of carboxylic acids is 1. The number of aliphatic hydroxyl groups excluding tert-OH is 1. The van der Waals surface area contributed by atoms with Crippen molar-refractivity contribution in [2.75, 3.05) is 0 Å². The van der Waals surface area contributed by atoms with Gasteiger partial charge in [-0.15, -0.1) is 11.3 Å². The van der Waals surface area contributed by atoms with E-state index in [1.54, 1.807) is 6.07 Å². The van der Waals surface area contributed by atoms with Gasteiger partial charge in [0.25, 0.3) is 0 Å². The molecule has 0 saturated heterocycles. The van der Waals surface area contributed by atoms with Crippen molar-refractivity contribution in [3.05, 3.63) is 21.9 Å². The highest BCUT2D eigenvalue weighted by molar-refractivity contribution is 7.12. The van der Waals surface area contributed by atoms with Crippen LogP contribution in [0.5, 0.6) is 0 Å². The summed E-state index contributed by atoms with van der Waals surface area (Å²) < 4.78 is 0. The number of hydrogen-bond acceptors (Lipinski definition) is 4. The molecule has 0 saturated carbocycles. The second kappa shape index (κ2) is 5.25. The van der Waals surface area contributed by atoms with Crippen LogP contribution in [0.4, 0.5) is 0 Å². The van der Waals surface area contributed by atoms with Crippen molar-refractivity contribution in [1.82, 2.24) is 0 Å². The lowest BCUT2D eigenvalue weighted by Crippen LogP contribution is -2.36. The Balaban J connectivity index is 2.73. The third kappa shape index (κ3) is 3.02. The smallest absolute Gasteiger partial charge is 0.323 e. The van der Waals surface area contributed by atoms with Crippen molar-refractivity contribution in [3.8, 4) is 0 Å². The Kier molecular flexibility index (Phi) is 4.26. The van der Waals surface area contributed by atoms with E-state index in [9.17, 15) is 9.90 Å². The first kappa shape index (κ1) is 12.2. The van der Waals surface area contributed by atoms with Gasteiger partial charge in [0.1, 0.15) is 12.1 Å². The van der Waals surface area contributed by atoms with Crippen LogP contribution in [0, 0.1) is 0 Å². The molecule has 5 heteroatoms. The van der Waals surface area contributed by atoms with Gasteiger partial charge in [-0.05, 0) is 18.6 Å². The van der Waals surface area contributed by atoms with Crippen molar-refractivity contribution in [2.45, 2.75) is 31.9 Å². The summed E-state index contributed by atoms with van der Waals surface area (Å²) in [6.07, 6.45) is 0.860. The molecule has 0 aliphatic carbocycles. The summed E-state index contributed by atoms with van der Waals surface area (Å²) in [5, 5.41) is 18.3. The third-order valence-electron chi connectivity index (χ3n) is 2.10. The van der Waals surface area contributed by atoms with Gasteiger partial charge in [0.05, 0.1) is 0 Å². The number of aliphatic hydroxyl groups is 1. The van der Waals surface area contributed by atoms with Gasteiger partial charge in [-0.25, -0.2) is 0 Å². The van der Waals surface area contributed by atoms with E-state index in [1.807, 2.05) is 6.07 Å². The number of hydrogen-bond donors (Lipinski definition) is 3. The number of aryl methyl sites for hydroxylation is 1. The molecule has 1 aromatic heterocycles. The number of carboxylic acid groups (broad SMARTS) is 1. The second-order valence-corrected chi connectivity index (χ2v) is 4.56. The van der Waals surface area contributed by atoms with E-state index < -0.39 is 18.1 Å². The first-order chi connectivity index (χ1) is 7.06. The number of rotatable bonds is 5. The minimum Gasteiger partial charge on any atom is -0.480 e. The van der Waals surface area contributed by atoms with Crippen molar-refractivity contribution in [3.63, 3.8) is 0 Å². The molecule has 0 bridgehead atoms. The maximum atomic E-state index is 10.6. The zero-order valence-corrected chi connectivity index (χ0v) is 9.33. The lowest BCUT2D eigenvalue weighted by molar-refractivity contribution is -0.141. The highest BCUT2D eigenvalue weighted by Crippen LogP contribution is 2.25. The maximum Gasteiger partial charge on any atom is 0.323 e. The third-order valence-corrected chi connectivity index (χ3v) is 3.31. The van der Waals surface area contributed by atoms with Crippen LogP contribution >= 0.6 is 11.3 Å². The van der Waals surface area contributed by atoms with Crippen LogP contribution < -0.4 is 5.73 Å². The Morgan fingerprint density at radius 2 is 2.27 bits per heavy atom. The summed E-state index contributed by atoms with van der Waals surface area (Å²) in [4.78, 5) is 12.3. The van der Waals surface area contributed by atoms with Crippen LogP contribution in [0.15, 0.2) is 12.1 Å². The summed E-state index contributed by atoms with van der Waals surface area (Å²) in [6, 6.07) is 2.39. The van der Waals surface area contributed by atoms with E-state index in [-0.39, 0.29) is 0 Å². The standard InChI is InChI=1S/C10H15NO3S/c1-2-3-6-4-5-7(15-6)9(12)8(11)10(13)14/h4-5,8-9,12H,2-3,11H2,1H3,(H,13,14). The Hall–Kier alpha value is -0.910. The highest BCUT2D eigenvalue weighted by Gasteiger charge is 2.24. The monoisotopic (exact) mass is 229 g/mol. The fraction of sp³-hybridized carbons (Fsp3) is 0.500. The van der Waals surface area contributed by atoms with E-state index in [2.05, 4.69) is 6.92 Å². The lowest BCUT2D eigenvalue weighted by atomic mass is 10.1. The van der Waals surface area contributed by atoms with Crippen LogP contribution in [-0.4, -0.2) is 22.2 Å². The molecule has 1 heterocycles. The molecule has 84 valence electrons. The normalized spacial score (nSPS) is 14.9. The topological polar surface area (TPSA) is 83.5 Å². The molecule has 0 aromatic carbocycles. The molecule has 2 unspecified atom stereocenters. The minimum absolute atomic E-state index is 0.619. The fourth-order valence-corrected chi connectivity index (χ4v) is 2.39. The molecule has 1 rings (SSSR count). The van der Waals surface area contributed by atoms with E-state index in [1.165, 1.54) is 11.3 Å². The van der Waals surface area contributed by atoms with Crippen molar-refractivity contribution < 1.29 is 15.0 Å². The molecule has 4 N–H and O–H groups in total. The zero-order valence-electron chi connectivity index (χ0n) is 8.51. The fourth-order valence-electron chi connectivity index (χ4n) is 1.25. The molecule has 1 aromatic rings. The van der Waals surface area contributed by atoms with Gasteiger partial charge >= 0.3 is 5.97 Å². The Morgan fingerprint density at radius 3 is 2.80 bits per heavy atom. The Morgan fingerprint density at radius 1 is 1.60 bits per heavy atom. The van der Waals surface area contributed by atoms with Crippen molar-refractivity contribution in [1.29, 1.82) is 0 Å². The van der Waals surface area contributed by atoms with E-state index in [0.29, 0.717) is 4.88 Å². The molecule has 2 atom stereocenters. The SMILES string of the molecule is CCCc1ccc(C(O)C(N)C(=O)O)s1. The molecule has 0 fully saturated rings. The predicted molar refractivity (Wildman–Crippen MR) is 58.9 cm³/mol. The molecule has 0 radical (unpaired) electrons. The number of nitrogens with two attached hydrogens (primary N) is 1. The first-order valence-electron chi connectivity index (χ1n) is 4.81. The average Bonchev–Trinajstić information content (AvgIpc) is 2.64. The second-order valence-electron chi connectivity index (χ2n) is 3.36. The largest absolute Gasteiger partial charge is 0.480 e. The molecule has 15 heavy (non-hydrogen) atoms. The van der Waals surface area contributed by atoms with Crippen molar-refractivity contribution in [2.24, 2.45) is 5.73 Å². The molecular formula is C10H15NO3S. The Labute approximate surface area is 92.4 Å². The van der Waals surface area contributed by atoms with Gasteiger partial charge in [0, 0.05) is 9.75 Å². The summed E-state index contributed by atoms with van der Waals surface area (Å²) in [6.45, 7) is 2.07. The van der Waals surface area contributed by atoms with Gasteiger partial charge in [-0.2, -0.15) is 0 Å². The van der Waals surface area contributed by atoms with Gasteiger partial charge in [0.2, 0.25) is 0 Å². The molecule has 4 nitrogen and oxygen atoms in total. The van der Waals surface area contributed by atoms with Crippen LogP contribution in [0.1, 0.15) is 29.2 Å². The maximum absolute atomic E-state index is 10.6. The van der Waals surface area contributed by atoms with Gasteiger partial charge in [-0.3, -0.25) is 4.79 Å². The molecule has 0 aliphatic rings. The molecular weight excluding hydrogens is 214 g/mol. The number of aliphatic carboxylic acids is 1.